The molecule has 1 aliphatic heterocycles. The number of carbonyl (C=O) groups excluding carboxylic acids is 2. The van der Waals surface area contributed by atoms with Gasteiger partial charge in [-0.3, -0.25) is 9.59 Å². The molecule has 0 saturated carbocycles. The van der Waals surface area contributed by atoms with E-state index in [-0.39, 0.29) is 4.90 Å². The number of Topliss-reactive ketones (excluding diaryl/α,β-unsaturated/α-hetero) is 1. The average Bonchev–Trinajstić information content (AvgIpc) is 3.04. The molecule has 0 aromatic heterocycles. The molecule has 8 heteroatoms. The first-order valence-corrected chi connectivity index (χ1v) is 11.9. The van der Waals surface area contributed by atoms with Crippen LogP contribution in [0.1, 0.15) is 40.2 Å². The number of hydrogen-bond acceptors (Lipinski definition) is 7. The van der Waals surface area contributed by atoms with Crippen molar-refractivity contribution in [2.75, 3.05) is 0 Å². The summed E-state index contributed by atoms with van der Waals surface area (Å²) in [6, 6.07) is 6.13. The maximum absolute atomic E-state index is 12.9. The second-order valence-electron chi connectivity index (χ2n) is 9.17. The van der Waals surface area contributed by atoms with E-state index in [1.54, 1.807) is 52.8 Å². The first-order valence-electron chi connectivity index (χ1n) is 10.4. The van der Waals surface area contributed by atoms with Crippen LogP contribution in [0.5, 0.6) is 0 Å². The Balaban J connectivity index is 2.36. The third-order valence-corrected chi connectivity index (χ3v) is 5.91. The Morgan fingerprint density at radius 2 is 1.79 bits per heavy atom. The van der Waals surface area contributed by atoms with Crippen molar-refractivity contribution in [2.24, 2.45) is 5.41 Å². The second-order valence-corrected chi connectivity index (χ2v) is 10.9. The number of hydrogen-bond donors (Lipinski definition) is 0. The Bertz CT molecular complexity index is 1090. The van der Waals surface area contributed by atoms with Gasteiger partial charge in [0.15, 0.2) is 11.9 Å². The molecule has 0 bridgehead atoms. The highest BCUT2D eigenvalue weighted by Crippen LogP contribution is 2.33. The van der Waals surface area contributed by atoms with Crippen molar-refractivity contribution in [1.82, 2.24) is 0 Å². The van der Waals surface area contributed by atoms with Crippen LogP contribution >= 0.6 is 0 Å². The summed E-state index contributed by atoms with van der Waals surface area (Å²) in [6.07, 6.45) is 1.29. The minimum Gasteiger partial charge on any atom is -0.455 e. The van der Waals surface area contributed by atoms with Gasteiger partial charge in [0.2, 0.25) is 15.6 Å². The maximum atomic E-state index is 12.9. The summed E-state index contributed by atoms with van der Waals surface area (Å²) in [5, 5.41) is 2.06. The smallest absolute Gasteiger partial charge is 0.311 e. The fourth-order valence-electron chi connectivity index (χ4n) is 2.90. The molecule has 1 heterocycles. The maximum Gasteiger partial charge on any atom is 0.311 e. The lowest BCUT2D eigenvalue weighted by Gasteiger charge is -2.26. The van der Waals surface area contributed by atoms with E-state index in [9.17, 15) is 18.0 Å². The molecule has 1 aliphatic rings. The largest absolute Gasteiger partial charge is 0.455 e. The number of esters is 1. The summed E-state index contributed by atoms with van der Waals surface area (Å²) in [5.41, 5.74) is 0.0967. The molecule has 0 radical (unpaired) electrons. The van der Waals surface area contributed by atoms with Crippen molar-refractivity contribution >= 4 is 21.6 Å². The van der Waals surface area contributed by atoms with Gasteiger partial charge in [0.05, 0.1) is 10.3 Å². The highest BCUT2D eigenvalue weighted by atomic mass is 32.2. The van der Waals surface area contributed by atoms with Crippen LogP contribution in [0.2, 0.25) is 0 Å². The predicted octanol–water partition coefficient (Wildman–Crippen LogP) is 3.52. The molecule has 1 aromatic carbocycles. The average molecular weight is 475 g/mol. The van der Waals surface area contributed by atoms with Crippen molar-refractivity contribution in [3.8, 4) is 11.2 Å². The zero-order valence-electron chi connectivity index (χ0n) is 19.7. The zero-order valence-corrected chi connectivity index (χ0v) is 20.6. The van der Waals surface area contributed by atoms with E-state index in [1.165, 1.54) is 24.3 Å². The molecule has 33 heavy (non-hydrogen) atoms. The van der Waals surface area contributed by atoms with E-state index in [2.05, 4.69) is 17.8 Å². The number of ether oxygens (including phenoxy) is 3. The van der Waals surface area contributed by atoms with Gasteiger partial charge in [0.25, 0.3) is 0 Å². The molecule has 1 unspecified atom stereocenters. The molecule has 0 N–H and O–H groups in total. The number of aryl methyl sites for hydroxylation is 1. The van der Waals surface area contributed by atoms with Crippen molar-refractivity contribution in [3.63, 3.8) is 0 Å². The van der Waals surface area contributed by atoms with Gasteiger partial charge in [-0.05, 0) is 65.7 Å². The van der Waals surface area contributed by atoms with E-state index >= 15 is 0 Å². The summed E-state index contributed by atoms with van der Waals surface area (Å²) in [7, 11) is -4.01. The van der Waals surface area contributed by atoms with Gasteiger partial charge in [0.1, 0.15) is 12.2 Å². The Morgan fingerprint density at radius 1 is 1.18 bits per heavy atom. The number of allylic oxidation sites excluding steroid dienone is 2. The van der Waals surface area contributed by atoms with Crippen molar-refractivity contribution in [3.05, 3.63) is 54.6 Å². The summed E-state index contributed by atoms with van der Waals surface area (Å²) >= 11 is 0. The summed E-state index contributed by atoms with van der Waals surface area (Å²) in [6.45, 7) is 13.7. The molecule has 7 nitrogen and oxygen atoms in total. The minimum absolute atomic E-state index is 0.0141. The van der Waals surface area contributed by atoms with Crippen LogP contribution in [0.3, 0.4) is 0 Å². The van der Waals surface area contributed by atoms with Crippen LogP contribution in [-0.4, -0.2) is 44.3 Å². The molecule has 0 aliphatic carbocycles. The summed E-state index contributed by atoms with van der Waals surface area (Å²) < 4.78 is 42.2. The van der Waals surface area contributed by atoms with Gasteiger partial charge in [-0.25, -0.2) is 8.42 Å². The number of ketones is 1. The third kappa shape index (κ3) is 7.13. The zero-order chi connectivity index (χ0) is 25.0. The predicted molar refractivity (Wildman–Crippen MR) is 124 cm³/mol. The van der Waals surface area contributed by atoms with Crippen LogP contribution in [0, 0.1) is 23.5 Å². The van der Waals surface area contributed by atoms with Gasteiger partial charge in [0, 0.05) is 5.25 Å². The third-order valence-electron chi connectivity index (χ3n) is 4.64. The minimum atomic E-state index is -4.01. The Hall–Kier alpha value is -2.73. The quantitative estimate of drug-likeness (QED) is 0.269. The van der Waals surface area contributed by atoms with Gasteiger partial charge in [-0.1, -0.05) is 36.4 Å². The molecular formula is C25H30O7S. The standard InChI is InChI=1S/C25H30O7S/c1-8-9-10-20(30-23(27)24(3,4)5)22-21(31-25(6,7)32-22)19(26)15-16-33(28,29)18-13-11-17(2)12-14-18/h8-14,20-22H,1H2,2-7H3/b10-9+/t20?,21-,22-/m0/s1. The Morgan fingerprint density at radius 3 is 2.33 bits per heavy atom. The fraction of sp³-hybridized carbons (Fsp3) is 0.440. The molecule has 1 saturated heterocycles. The van der Waals surface area contributed by atoms with Crippen molar-refractivity contribution in [2.45, 2.75) is 70.5 Å². The Labute approximate surface area is 195 Å². The second kappa shape index (κ2) is 10.0. The van der Waals surface area contributed by atoms with Crippen LogP contribution < -0.4 is 0 Å². The van der Waals surface area contributed by atoms with E-state index in [0.717, 1.165) is 5.56 Å². The van der Waals surface area contributed by atoms with E-state index in [1.807, 2.05) is 6.92 Å². The molecule has 3 atom stereocenters. The SMILES string of the molecule is C=C/C=C/C(OC(=O)C(C)(C)C)[C@@H]1OC(C)(C)O[C@H]1C(=O)C#CS(=O)(=O)c1ccc(C)cc1. The van der Waals surface area contributed by atoms with Crippen LogP contribution in [0.4, 0.5) is 0 Å². The van der Waals surface area contributed by atoms with Crippen LogP contribution in [0.25, 0.3) is 0 Å². The van der Waals surface area contributed by atoms with Crippen LogP contribution in [-0.2, 0) is 33.6 Å². The number of rotatable bonds is 6. The summed E-state index contributed by atoms with van der Waals surface area (Å²) in [4.78, 5) is 25.4. The molecule has 0 spiro atoms. The monoisotopic (exact) mass is 474 g/mol. The first kappa shape index (κ1) is 26.5. The molecule has 2 rings (SSSR count). The van der Waals surface area contributed by atoms with Crippen LogP contribution in [0.15, 0.2) is 54.0 Å². The molecular weight excluding hydrogens is 444 g/mol. The highest BCUT2D eigenvalue weighted by Gasteiger charge is 2.49. The first-order chi connectivity index (χ1) is 15.2. The summed E-state index contributed by atoms with van der Waals surface area (Å²) in [5.74, 6) is -0.317. The van der Waals surface area contributed by atoms with E-state index in [0.29, 0.717) is 0 Å². The van der Waals surface area contributed by atoms with E-state index in [4.69, 9.17) is 14.2 Å². The van der Waals surface area contributed by atoms with Gasteiger partial charge < -0.3 is 14.2 Å². The number of sulfone groups is 1. The molecule has 1 aromatic rings. The van der Waals surface area contributed by atoms with Crippen molar-refractivity contribution < 1.29 is 32.2 Å². The molecule has 0 amide bonds. The number of benzene rings is 1. The lowest BCUT2D eigenvalue weighted by molar-refractivity contribution is -0.172. The van der Waals surface area contributed by atoms with E-state index < -0.39 is 51.1 Å². The van der Waals surface area contributed by atoms with Gasteiger partial charge >= 0.3 is 5.97 Å². The highest BCUT2D eigenvalue weighted by molar-refractivity contribution is 7.96. The molecule has 178 valence electrons. The molecule has 1 fully saturated rings. The van der Waals surface area contributed by atoms with Gasteiger partial charge in [-0.2, -0.15) is 0 Å². The number of carbonyl (C=O) groups is 2. The normalized spacial score (nSPS) is 21.2. The van der Waals surface area contributed by atoms with Crippen molar-refractivity contribution in [1.29, 1.82) is 0 Å². The lowest BCUT2D eigenvalue weighted by Crippen LogP contribution is -2.42. The fourth-order valence-corrected chi connectivity index (χ4v) is 3.75. The topological polar surface area (TPSA) is 96.0 Å². The van der Waals surface area contributed by atoms with Gasteiger partial charge in [-0.15, -0.1) is 0 Å². The lowest BCUT2D eigenvalue weighted by atomic mass is 9.96. The Kier molecular flexibility index (Phi) is 8.07.